The fourth-order valence-electron chi connectivity index (χ4n) is 10.5. The van der Waals surface area contributed by atoms with E-state index in [1.165, 1.54) is 77.4 Å². The van der Waals surface area contributed by atoms with Crippen molar-refractivity contribution in [3.63, 3.8) is 0 Å². The summed E-state index contributed by atoms with van der Waals surface area (Å²) in [5, 5.41) is 12.2. The van der Waals surface area contributed by atoms with Crippen LogP contribution < -0.4 is 0 Å². The second kappa shape index (κ2) is 8.35. The maximum atomic E-state index is 12.2. The van der Waals surface area contributed by atoms with Gasteiger partial charge in [0.15, 0.2) is 0 Å². The molecular weight excluding hydrogens is 422 g/mol. The lowest BCUT2D eigenvalue weighted by Crippen LogP contribution is -2.65. The largest absolute Gasteiger partial charge is 0.472 e. The zero-order valence-corrected chi connectivity index (χ0v) is 21.9. The summed E-state index contributed by atoms with van der Waals surface area (Å²) in [5.74, 6) is 3.04. The molecule has 5 fully saturated rings. The topological polar surface area (TPSA) is 45.8 Å². The van der Waals surface area contributed by atoms with Gasteiger partial charge in [-0.05, 0) is 125 Å². The molecule has 0 aromatic carbocycles. The fraction of sp³-hybridized carbons (Fsp3) is 0.867. The van der Waals surface area contributed by atoms with Gasteiger partial charge in [0, 0.05) is 18.1 Å². The van der Waals surface area contributed by atoms with Gasteiger partial charge in [-0.25, -0.2) is 0 Å². The fourth-order valence-corrected chi connectivity index (χ4v) is 10.5. The molecule has 4 heteroatoms. The minimum atomic E-state index is -0.858. The van der Waals surface area contributed by atoms with Crippen LogP contribution in [0.5, 0.6) is 0 Å². The van der Waals surface area contributed by atoms with Gasteiger partial charge in [0.05, 0.1) is 18.1 Å². The maximum Gasteiger partial charge on any atom is 0.101 e. The lowest BCUT2D eigenvalue weighted by atomic mass is 9.42. The summed E-state index contributed by atoms with van der Waals surface area (Å²) in [4.78, 5) is 2.71. The van der Waals surface area contributed by atoms with Gasteiger partial charge < -0.3 is 19.2 Å². The molecule has 190 valence electrons. The quantitative estimate of drug-likeness (QED) is 0.543. The zero-order chi connectivity index (χ0) is 23.6. The Morgan fingerprint density at radius 3 is 2.56 bits per heavy atom. The minimum absolute atomic E-state index is 0.238. The summed E-state index contributed by atoms with van der Waals surface area (Å²) in [5.41, 5.74) is 0.0152. The minimum Gasteiger partial charge on any atom is -0.472 e. The Balaban J connectivity index is 1.27. The summed E-state index contributed by atoms with van der Waals surface area (Å²) >= 11 is 0. The molecular formula is C30H47NO3. The second-order valence-electron chi connectivity index (χ2n) is 13.3. The molecule has 1 N–H and O–H groups in total. The third-order valence-electron chi connectivity index (χ3n) is 12.4. The number of nitrogens with zero attached hydrogens (tertiary/aromatic N) is 1. The molecule has 5 aliphatic rings. The first-order chi connectivity index (χ1) is 16.4. The molecule has 1 aromatic heterocycles. The first-order valence-electron chi connectivity index (χ1n) is 14.4. The van der Waals surface area contributed by atoms with Crippen LogP contribution in [0.1, 0.15) is 96.5 Å². The molecule has 2 heterocycles. The molecule has 1 aliphatic heterocycles. The third-order valence-corrected chi connectivity index (χ3v) is 12.4. The van der Waals surface area contributed by atoms with Gasteiger partial charge in [-0.3, -0.25) is 0 Å². The highest BCUT2D eigenvalue weighted by molar-refractivity contribution is 5.30. The van der Waals surface area contributed by atoms with E-state index in [1.807, 2.05) is 13.2 Å². The number of ether oxygens (including phenoxy) is 1. The first-order valence-corrected chi connectivity index (χ1v) is 14.4. The Morgan fingerprint density at radius 1 is 1.03 bits per heavy atom. The summed E-state index contributed by atoms with van der Waals surface area (Å²) in [6, 6.07) is 1.98. The van der Waals surface area contributed by atoms with Crippen molar-refractivity contribution in [2.75, 3.05) is 26.7 Å². The number of fused-ring (bicyclic) bond motifs is 5. The van der Waals surface area contributed by atoms with Crippen molar-refractivity contribution in [3.8, 4) is 0 Å². The van der Waals surface area contributed by atoms with Crippen molar-refractivity contribution < 1.29 is 14.3 Å². The van der Waals surface area contributed by atoms with Crippen molar-refractivity contribution in [3.05, 3.63) is 24.2 Å². The van der Waals surface area contributed by atoms with E-state index >= 15 is 0 Å². The van der Waals surface area contributed by atoms with Gasteiger partial charge in [-0.2, -0.15) is 0 Å². The van der Waals surface area contributed by atoms with Crippen LogP contribution >= 0.6 is 0 Å². The molecule has 0 radical (unpaired) electrons. The SMILES string of the molecule is CO[C@@]12CCC(O)(c3ccoc3)[C@@]1(C)CC[C@@H]1[C@H]2CCC2CCC(CCN3CCCC3)C[C@@]21C. The molecule has 0 spiro atoms. The number of rotatable bonds is 5. The molecule has 4 aliphatic carbocycles. The number of furan rings is 1. The predicted molar refractivity (Wildman–Crippen MR) is 134 cm³/mol. The Kier molecular flexibility index (Phi) is 5.78. The van der Waals surface area contributed by atoms with Crippen LogP contribution in [0.4, 0.5) is 0 Å². The van der Waals surface area contributed by atoms with Crippen LogP contribution in [0.2, 0.25) is 0 Å². The molecule has 0 bridgehead atoms. The van der Waals surface area contributed by atoms with Gasteiger partial charge in [-0.1, -0.05) is 20.3 Å². The van der Waals surface area contributed by atoms with Crippen LogP contribution in [-0.2, 0) is 10.3 Å². The van der Waals surface area contributed by atoms with Crippen molar-refractivity contribution in [1.29, 1.82) is 0 Å². The Bertz CT molecular complexity index is 864. The maximum absolute atomic E-state index is 12.2. The van der Waals surface area contributed by atoms with E-state index in [0.29, 0.717) is 11.3 Å². The molecule has 3 unspecified atom stereocenters. The van der Waals surface area contributed by atoms with Crippen LogP contribution in [-0.4, -0.2) is 42.4 Å². The third kappa shape index (κ3) is 3.13. The van der Waals surface area contributed by atoms with E-state index in [0.717, 1.165) is 42.6 Å². The van der Waals surface area contributed by atoms with Crippen LogP contribution in [0.15, 0.2) is 23.0 Å². The van der Waals surface area contributed by atoms with Crippen molar-refractivity contribution in [1.82, 2.24) is 4.90 Å². The predicted octanol–water partition coefficient (Wildman–Crippen LogP) is 6.38. The molecule has 4 nitrogen and oxygen atoms in total. The van der Waals surface area contributed by atoms with Crippen LogP contribution in [0.3, 0.4) is 0 Å². The molecule has 8 atom stereocenters. The van der Waals surface area contributed by atoms with Gasteiger partial charge in [-0.15, -0.1) is 0 Å². The average Bonchev–Trinajstić information content (AvgIpc) is 3.59. The Morgan fingerprint density at radius 2 is 1.82 bits per heavy atom. The molecule has 4 saturated carbocycles. The highest BCUT2D eigenvalue weighted by atomic mass is 16.5. The lowest BCUT2D eigenvalue weighted by molar-refractivity contribution is -0.248. The normalized spacial score (nSPS) is 48.9. The Labute approximate surface area is 206 Å². The molecule has 1 aromatic rings. The number of aliphatic hydroxyl groups is 1. The van der Waals surface area contributed by atoms with Crippen LogP contribution in [0, 0.1) is 34.5 Å². The lowest BCUT2D eigenvalue weighted by Gasteiger charge is -2.65. The molecule has 34 heavy (non-hydrogen) atoms. The van der Waals surface area contributed by atoms with Crippen molar-refractivity contribution in [2.24, 2.45) is 34.5 Å². The standard InChI is InChI=1S/C30H47NO3/c1-27-20-22(11-18-31-16-4-5-17-31)6-7-23(27)8-9-26-25(27)10-13-28(2)29(32,24-12-19-34-21-24)14-15-30(26,28)33-3/h12,19,21-23,25-26,32H,4-11,13-18,20H2,1-3H3/t22?,23?,25-,26-,27+,28-,29?,30-/m1/s1. The molecule has 1 saturated heterocycles. The van der Waals surface area contributed by atoms with E-state index in [2.05, 4.69) is 18.7 Å². The van der Waals surface area contributed by atoms with Gasteiger partial charge in [0.2, 0.25) is 0 Å². The number of methoxy groups -OCH3 is 1. The molecule has 0 amide bonds. The summed E-state index contributed by atoms with van der Waals surface area (Å²) in [7, 11) is 1.94. The zero-order valence-electron chi connectivity index (χ0n) is 21.9. The number of hydrogen-bond donors (Lipinski definition) is 1. The smallest absolute Gasteiger partial charge is 0.101 e. The molecule has 6 rings (SSSR count). The summed E-state index contributed by atoms with van der Waals surface area (Å²) in [6.07, 6.45) is 18.6. The van der Waals surface area contributed by atoms with Gasteiger partial charge >= 0.3 is 0 Å². The van der Waals surface area contributed by atoms with Gasteiger partial charge in [0.1, 0.15) is 5.60 Å². The van der Waals surface area contributed by atoms with E-state index in [9.17, 15) is 5.11 Å². The van der Waals surface area contributed by atoms with Crippen molar-refractivity contribution >= 4 is 0 Å². The van der Waals surface area contributed by atoms with Crippen LogP contribution in [0.25, 0.3) is 0 Å². The highest BCUT2D eigenvalue weighted by Gasteiger charge is 2.73. The van der Waals surface area contributed by atoms with Gasteiger partial charge in [0.25, 0.3) is 0 Å². The average molecular weight is 470 g/mol. The highest BCUT2D eigenvalue weighted by Crippen LogP contribution is 2.72. The summed E-state index contributed by atoms with van der Waals surface area (Å²) in [6.45, 7) is 8.97. The van der Waals surface area contributed by atoms with E-state index in [-0.39, 0.29) is 11.0 Å². The number of likely N-dealkylation sites (tertiary alicyclic amines) is 1. The van der Waals surface area contributed by atoms with E-state index in [1.54, 1.807) is 12.5 Å². The first kappa shape index (κ1) is 23.6. The summed E-state index contributed by atoms with van der Waals surface area (Å²) < 4.78 is 12.1. The van der Waals surface area contributed by atoms with Crippen molar-refractivity contribution in [2.45, 2.75) is 102 Å². The monoisotopic (exact) mass is 469 g/mol. The Hall–Kier alpha value is -0.840. The second-order valence-corrected chi connectivity index (χ2v) is 13.3. The number of hydrogen-bond acceptors (Lipinski definition) is 4. The van der Waals surface area contributed by atoms with E-state index in [4.69, 9.17) is 9.15 Å². The van der Waals surface area contributed by atoms with E-state index < -0.39 is 5.60 Å².